The Morgan fingerprint density at radius 2 is 1.67 bits per heavy atom. The van der Waals surface area contributed by atoms with E-state index in [1.54, 1.807) is 42.3 Å². The molecule has 1 aromatic heterocycles. The van der Waals surface area contributed by atoms with Crippen LogP contribution in [0, 0.1) is 5.92 Å². The molecule has 0 spiro atoms. The van der Waals surface area contributed by atoms with E-state index >= 15 is 0 Å². The zero-order valence-corrected chi connectivity index (χ0v) is 15.1. The van der Waals surface area contributed by atoms with Crippen molar-refractivity contribution in [1.29, 1.82) is 0 Å². The first-order valence-electron chi connectivity index (χ1n) is 8.73. The first-order valence-corrected chi connectivity index (χ1v) is 8.73. The molecule has 2 amide bonds. The summed E-state index contributed by atoms with van der Waals surface area (Å²) in [6.07, 6.45) is 2.59. The van der Waals surface area contributed by atoms with Gasteiger partial charge < -0.3 is 15.4 Å². The van der Waals surface area contributed by atoms with Gasteiger partial charge in [-0.3, -0.25) is 19.4 Å². The minimum Gasteiger partial charge on any atom is -0.497 e. The molecule has 0 bridgehead atoms. The number of pyridine rings is 1. The van der Waals surface area contributed by atoms with Gasteiger partial charge in [0.1, 0.15) is 11.4 Å². The number of carbonyl (C=O) groups is 3. The lowest BCUT2D eigenvalue weighted by atomic mass is 9.88. The fourth-order valence-electron chi connectivity index (χ4n) is 3.18. The number of nitrogens with zero attached hydrogens (tertiary/aromatic N) is 2. The molecule has 1 aromatic carbocycles. The van der Waals surface area contributed by atoms with Crippen molar-refractivity contribution in [2.24, 2.45) is 11.7 Å². The van der Waals surface area contributed by atoms with Crippen LogP contribution in [0.2, 0.25) is 0 Å². The van der Waals surface area contributed by atoms with Crippen LogP contribution in [0.1, 0.15) is 44.0 Å². The van der Waals surface area contributed by atoms with E-state index in [2.05, 4.69) is 4.98 Å². The number of hydrogen-bond acceptors (Lipinski definition) is 5. The monoisotopic (exact) mass is 367 g/mol. The predicted octanol–water partition coefficient (Wildman–Crippen LogP) is 1.92. The predicted molar refractivity (Wildman–Crippen MR) is 98.7 cm³/mol. The minimum absolute atomic E-state index is 0.0947. The lowest BCUT2D eigenvalue weighted by Gasteiger charge is -2.31. The zero-order valence-electron chi connectivity index (χ0n) is 15.1. The molecule has 1 fully saturated rings. The van der Waals surface area contributed by atoms with Gasteiger partial charge in [-0.2, -0.15) is 0 Å². The molecule has 27 heavy (non-hydrogen) atoms. The summed E-state index contributed by atoms with van der Waals surface area (Å²) >= 11 is 0. The second-order valence-corrected chi connectivity index (χ2v) is 6.46. The van der Waals surface area contributed by atoms with E-state index in [1.165, 1.54) is 12.3 Å². The number of rotatable bonds is 5. The number of piperidine rings is 1. The molecule has 0 radical (unpaired) electrons. The van der Waals surface area contributed by atoms with Crippen molar-refractivity contribution in [1.82, 2.24) is 9.88 Å². The lowest BCUT2D eigenvalue weighted by Crippen LogP contribution is -2.40. The third-order valence-corrected chi connectivity index (χ3v) is 4.79. The molecule has 0 saturated carbocycles. The average Bonchev–Trinajstić information content (AvgIpc) is 2.73. The maximum atomic E-state index is 12.6. The molecular formula is C20H21N3O4. The smallest absolute Gasteiger partial charge is 0.267 e. The van der Waals surface area contributed by atoms with Crippen LogP contribution in [0.3, 0.4) is 0 Å². The van der Waals surface area contributed by atoms with Gasteiger partial charge in [-0.15, -0.1) is 0 Å². The van der Waals surface area contributed by atoms with Crippen LogP contribution < -0.4 is 10.5 Å². The van der Waals surface area contributed by atoms with E-state index in [4.69, 9.17) is 10.5 Å². The van der Waals surface area contributed by atoms with Crippen molar-refractivity contribution in [2.45, 2.75) is 12.8 Å². The Bertz CT molecular complexity index is 839. The molecule has 0 atom stereocenters. The summed E-state index contributed by atoms with van der Waals surface area (Å²) in [5.74, 6) is -0.0845. The third-order valence-electron chi connectivity index (χ3n) is 4.79. The lowest BCUT2D eigenvalue weighted by molar-refractivity contribution is 0.0650. The van der Waals surface area contributed by atoms with Crippen LogP contribution in [0.25, 0.3) is 0 Å². The molecule has 0 unspecified atom stereocenters. The van der Waals surface area contributed by atoms with Gasteiger partial charge >= 0.3 is 0 Å². The van der Waals surface area contributed by atoms with Gasteiger partial charge in [0.2, 0.25) is 0 Å². The highest BCUT2D eigenvalue weighted by Gasteiger charge is 2.28. The van der Waals surface area contributed by atoms with Crippen LogP contribution in [-0.4, -0.2) is 47.7 Å². The Hall–Kier alpha value is -3.22. The number of Topliss-reactive ketones (excluding diaryl/α,β-unsaturated/α-hetero) is 1. The maximum absolute atomic E-state index is 12.6. The van der Waals surface area contributed by atoms with Gasteiger partial charge in [0.05, 0.1) is 12.7 Å². The Morgan fingerprint density at radius 3 is 2.19 bits per heavy atom. The first kappa shape index (κ1) is 18.6. The maximum Gasteiger partial charge on any atom is 0.267 e. The number of hydrogen-bond donors (Lipinski definition) is 1. The van der Waals surface area contributed by atoms with E-state index < -0.39 is 5.91 Å². The minimum atomic E-state index is -0.633. The number of primary amides is 1. The van der Waals surface area contributed by atoms with Gasteiger partial charge in [0.15, 0.2) is 5.78 Å². The molecule has 7 heteroatoms. The molecule has 0 aliphatic carbocycles. The topological polar surface area (TPSA) is 103 Å². The second kappa shape index (κ2) is 7.99. The molecule has 2 heterocycles. The number of ether oxygens (including phenoxy) is 1. The number of carbonyl (C=O) groups excluding carboxylic acids is 3. The highest BCUT2D eigenvalue weighted by atomic mass is 16.5. The van der Waals surface area contributed by atoms with Crippen LogP contribution in [-0.2, 0) is 0 Å². The Balaban J connectivity index is 1.59. The Labute approximate surface area is 157 Å². The first-order chi connectivity index (χ1) is 13.0. The summed E-state index contributed by atoms with van der Waals surface area (Å²) in [7, 11) is 1.58. The molecule has 140 valence electrons. The highest BCUT2D eigenvalue weighted by molar-refractivity contribution is 5.99. The largest absolute Gasteiger partial charge is 0.497 e. The van der Waals surface area contributed by atoms with E-state index in [1.807, 2.05) is 0 Å². The van der Waals surface area contributed by atoms with Gasteiger partial charge in [0.25, 0.3) is 11.8 Å². The van der Waals surface area contributed by atoms with Crippen molar-refractivity contribution in [2.75, 3.05) is 20.2 Å². The highest BCUT2D eigenvalue weighted by Crippen LogP contribution is 2.24. The number of methoxy groups -OCH3 is 1. The van der Waals surface area contributed by atoms with Crippen LogP contribution in [0.5, 0.6) is 5.75 Å². The normalized spacial score (nSPS) is 14.6. The number of ketones is 1. The molecule has 2 aromatic rings. The van der Waals surface area contributed by atoms with Crippen LogP contribution in [0.4, 0.5) is 0 Å². The fraction of sp³-hybridized carbons (Fsp3) is 0.300. The molecule has 7 nitrogen and oxygen atoms in total. The van der Waals surface area contributed by atoms with E-state index in [9.17, 15) is 14.4 Å². The van der Waals surface area contributed by atoms with Gasteiger partial charge in [0, 0.05) is 30.8 Å². The average molecular weight is 367 g/mol. The summed E-state index contributed by atoms with van der Waals surface area (Å²) in [6.45, 7) is 1.01. The van der Waals surface area contributed by atoms with E-state index in [0.29, 0.717) is 42.8 Å². The van der Waals surface area contributed by atoms with Crippen LogP contribution >= 0.6 is 0 Å². The third kappa shape index (κ3) is 4.13. The quantitative estimate of drug-likeness (QED) is 0.814. The number of aromatic nitrogens is 1. The number of likely N-dealkylation sites (tertiary alicyclic amines) is 1. The SMILES string of the molecule is COc1ccc(C(=O)C2CCN(C(=O)c3ccc(C(N)=O)nc3)CC2)cc1. The van der Waals surface area contributed by atoms with Crippen molar-refractivity contribution < 1.29 is 19.1 Å². The van der Waals surface area contributed by atoms with Crippen molar-refractivity contribution in [3.63, 3.8) is 0 Å². The Morgan fingerprint density at radius 1 is 1.04 bits per heavy atom. The van der Waals surface area contributed by atoms with Gasteiger partial charge in [-0.1, -0.05) is 0 Å². The molecule has 2 N–H and O–H groups in total. The number of amides is 2. The molecular weight excluding hydrogens is 346 g/mol. The van der Waals surface area contributed by atoms with Crippen LogP contribution in [0.15, 0.2) is 42.6 Å². The van der Waals surface area contributed by atoms with Gasteiger partial charge in [-0.25, -0.2) is 0 Å². The van der Waals surface area contributed by atoms with Crippen molar-refractivity contribution >= 4 is 17.6 Å². The van der Waals surface area contributed by atoms with E-state index in [0.717, 1.165) is 0 Å². The number of benzene rings is 1. The standard InChI is InChI=1S/C20H21N3O4/c1-27-16-5-2-13(3-6-16)18(24)14-8-10-23(11-9-14)20(26)15-4-7-17(19(21)25)22-12-15/h2-7,12,14H,8-11H2,1H3,(H2,21,25). The summed E-state index contributed by atoms with van der Waals surface area (Å²) in [5.41, 5.74) is 6.34. The molecule has 1 saturated heterocycles. The molecule has 3 rings (SSSR count). The summed E-state index contributed by atoms with van der Waals surface area (Å²) in [5, 5.41) is 0. The molecule has 1 aliphatic rings. The Kier molecular flexibility index (Phi) is 5.49. The summed E-state index contributed by atoms with van der Waals surface area (Å²) < 4.78 is 5.11. The van der Waals surface area contributed by atoms with Gasteiger partial charge in [-0.05, 0) is 49.2 Å². The summed E-state index contributed by atoms with van der Waals surface area (Å²) in [4.78, 5) is 41.9. The van der Waals surface area contributed by atoms with Crippen molar-refractivity contribution in [3.8, 4) is 5.75 Å². The van der Waals surface area contributed by atoms with E-state index in [-0.39, 0.29) is 23.3 Å². The second-order valence-electron chi connectivity index (χ2n) is 6.46. The molecule has 1 aliphatic heterocycles. The summed E-state index contributed by atoms with van der Waals surface area (Å²) in [6, 6.07) is 10.1. The number of nitrogens with two attached hydrogens (primary N) is 1. The van der Waals surface area contributed by atoms with Crippen molar-refractivity contribution in [3.05, 3.63) is 59.4 Å². The zero-order chi connectivity index (χ0) is 19.4. The fourth-order valence-corrected chi connectivity index (χ4v) is 3.18.